The van der Waals surface area contributed by atoms with E-state index in [9.17, 15) is 9.90 Å². The van der Waals surface area contributed by atoms with E-state index < -0.39 is 5.41 Å². The number of carbonyl (C=O) groups is 1. The second kappa shape index (κ2) is 6.92. The van der Waals surface area contributed by atoms with Crippen LogP contribution in [0.15, 0.2) is 42.5 Å². The van der Waals surface area contributed by atoms with Crippen LogP contribution in [-0.2, 0) is 16.6 Å². The van der Waals surface area contributed by atoms with Crippen molar-refractivity contribution in [2.45, 2.75) is 43.9 Å². The average Bonchev–Trinajstić information content (AvgIpc) is 3.46. The van der Waals surface area contributed by atoms with Gasteiger partial charge in [-0.25, -0.2) is 0 Å². The van der Waals surface area contributed by atoms with Crippen molar-refractivity contribution < 1.29 is 14.6 Å². The number of anilines is 1. The van der Waals surface area contributed by atoms with Gasteiger partial charge in [0.2, 0.25) is 5.91 Å². The zero-order valence-corrected chi connectivity index (χ0v) is 16.6. The lowest BCUT2D eigenvalue weighted by molar-refractivity contribution is -0.118. The number of benzene rings is 2. The predicted octanol–water partition coefficient (Wildman–Crippen LogP) is 4.26. The highest BCUT2D eigenvalue weighted by atomic mass is 16.5. The lowest BCUT2D eigenvalue weighted by atomic mass is 9.91. The van der Waals surface area contributed by atoms with Gasteiger partial charge >= 0.3 is 0 Å². The largest absolute Gasteiger partial charge is 0.493 e. The number of aromatic amines is 1. The monoisotopic (exact) mass is 390 g/mol. The van der Waals surface area contributed by atoms with Gasteiger partial charge in [-0.05, 0) is 67.1 Å². The predicted molar refractivity (Wildman–Crippen MR) is 114 cm³/mol. The van der Waals surface area contributed by atoms with Gasteiger partial charge in [0.1, 0.15) is 5.75 Å². The third kappa shape index (κ3) is 3.19. The molecule has 3 N–H and O–H groups in total. The van der Waals surface area contributed by atoms with Gasteiger partial charge < -0.3 is 20.1 Å². The van der Waals surface area contributed by atoms with Crippen LogP contribution in [0.2, 0.25) is 0 Å². The van der Waals surface area contributed by atoms with Crippen LogP contribution in [-0.4, -0.2) is 29.2 Å². The van der Waals surface area contributed by atoms with E-state index >= 15 is 0 Å². The van der Waals surface area contributed by atoms with Crippen molar-refractivity contribution in [1.29, 1.82) is 0 Å². The zero-order chi connectivity index (χ0) is 20.0. The molecule has 150 valence electrons. The molecule has 2 heterocycles. The molecule has 1 saturated carbocycles. The Hall–Kier alpha value is -2.79. The molecular formula is C24H26N2O3. The second-order valence-corrected chi connectivity index (χ2v) is 8.42. The molecule has 2 aromatic carbocycles. The minimum Gasteiger partial charge on any atom is -0.493 e. The number of amides is 1. The number of ether oxygens (including phenoxy) is 1. The molecule has 5 rings (SSSR count). The molecule has 5 nitrogen and oxygen atoms in total. The highest BCUT2D eigenvalue weighted by molar-refractivity contribution is 6.02. The Morgan fingerprint density at radius 1 is 1.24 bits per heavy atom. The van der Waals surface area contributed by atoms with Gasteiger partial charge in [0, 0.05) is 28.2 Å². The first-order valence-corrected chi connectivity index (χ1v) is 10.4. The van der Waals surface area contributed by atoms with E-state index in [1.54, 1.807) is 0 Å². The van der Waals surface area contributed by atoms with Gasteiger partial charge in [-0.1, -0.05) is 19.1 Å². The van der Waals surface area contributed by atoms with Crippen molar-refractivity contribution in [3.63, 3.8) is 0 Å². The molecule has 0 radical (unpaired) electrons. The lowest BCUT2D eigenvalue weighted by Crippen LogP contribution is -2.28. The molecule has 5 heteroatoms. The summed E-state index contributed by atoms with van der Waals surface area (Å²) in [5.41, 5.74) is 4.70. The van der Waals surface area contributed by atoms with Gasteiger partial charge in [0.25, 0.3) is 0 Å². The topological polar surface area (TPSA) is 74.3 Å². The van der Waals surface area contributed by atoms with Crippen LogP contribution in [0.25, 0.3) is 10.9 Å². The van der Waals surface area contributed by atoms with E-state index in [0.29, 0.717) is 0 Å². The fourth-order valence-corrected chi connectivity index (χ4v) is 4.28. The summed E-state index contributed by atoms with van der Waals surface area (Å²) in [4.78, 5) is 16.5. The number of nitrogens with one attached hydrogen (secondary N) is 2. The van der Waals surface area contributed by atoms with Crippen LogP contribution in [0.3, 0.4) is 0 Å². The Morgan fingerprint density at radius 3 is 2.90 bits per heavy atom. The summed E-state index contributed by atoms with van der Waals surface area (Å²) in [6, 6.07) is 14.2. The third-order valence-electron chi connectivity index (χ3n) is 6.35. The number of aliphatic hydroxyl groups excluding tert-OH is 1. The molecule has 1 amide bonds. The maximum atomic E-state index is 13.2. The quantitative estimate of drug-likeness (QED) is 0.609. The van der Waals surface area contributed by atoms with Crippen LogP contribution in [0, 0.1) is 0 Å². The van der Waals surface area contributed by atoms with Crippen molar-refractivity contribution in [3.8, 4) is 5.75 Å². The van der Waals surface area contributed by atoms with Crippen LogP contribution in [0.1, 0.15) is 48.9 Å². The summed E-state index contributed by atoms with van der Waals surface area (Å²) >= 11 is 0. The number of hydrogen-bond acceptors (Lipinski definition) is 3. The highest BCUT2D eigenvalue weighted by Crippen LogP contribution is 2.50. The molecule has 2 aliphatic rings. The van der Waals surface area contributed by atoms with Crippen LogP contribution in [0.5, 0.6) is 5.75 Å². The minimum atomic E-state index is -0.420. The molecule has 0 spiro atoms. The molecule has 1 aromatic heterocycles. The summed E-state index contributed by atoms with van der Waals surface area (Å²) in [5.74, 6) is 1.08. The molecule has 1 atom stereocenters. The molecule has 29 heavy (non-hydrogen) atoms. The summed E-state index contributed by atoms with van der Waals surface area (Å²) in [7, 11) is 0. The number of fused-ring (bicyclic) bond motifs is 2. The van der Waals surface area contributed by atoms with Crippen molar-refractivity contribution in [1.82, 2.24) is 4.98 Å². The maximum Gasteiger partial charge on any atom is 0.235 e. The number of carbonyl (C=O) groups excluding carboxylic acids is 1. The van der Waals surface area contributed by atoms with Crippen molar-refractivity contribution in [3.05, 3.63) is 59.3 Å². The van der Waals surface area contributed by atoms with E-state index in [-0.39, 0.29) is 18.4 Å². The van der Waals surface area contributed by atoms with E-state index in [1.807, 2.05) is 37.3 Å². The first-order chi connectivity index (χ1) is 14.1. The molecule has 1 aliphatic carbocycles. The summed E-state index contributed by atoms with van der Waals surface area (Å²) in [6.07, 6.45) is 3.80. The number of hydrogen-bond donors (Lipinski definition) is 3. The van der Waals surface area contributed by atoms with E-state index in [1.165, 1.54) is 5.56 Å². The fraction of sp³-hybridized carbons (Fsp3) is 0.375. The molecular weight excluding hydrogens is 364 g/mol. The van der Waals surface area contributed by atoms with Crippen molar-refractivity contribution in [2.75, 3.05) is 18.5 Å². The molecule has 3 aromatic rings. The number of aliphatic hydroxyl groups is 1. The number of H-pyrrole nitrogens is 1. The average molecular weight is 390 g/mol. The Labute approximate surface area is 170 Å². The summed E-state index contributed by atoms with van der Waals surface area (Å²) < 4.78 is 5.72. The van der Waals surface area contributed by atoms with Gasteiger partial charge in [0.05, 0.1) is 18.6 Å². The van der Waals surface area contributed by atoms with E-state index in [0.717, 1.165) is 65.9 Å². The summed E-state index contributed by atoms with van der Waals surface area (Å²) in [5, 5.41) is 13.6. The number of aromatic nitrogens is 1. The van der Waals surface area contributed by atoms with Crippen LogP contribution < -0.4 is 10.1 Å². The third-order valence-corrected chi connectivity index (χ3v) is 6.35. The summed E-state index contributed by atoms with van der Waals surface area (Å²) in [6.45, 7) is 2.86. The van der Waals surface area contributed by atoms with Gasteiger partial charge in [-0.3, -0.25) is 4.79 Å². The van der Waals surface area contributed by atoms with Crippen molar-refractivity contribution >= 4 is 22.5 Å². The van der Waals surface area contributed by atoms with Crippen LogP contribution in [0.4, 0.5) is 5.69 Å². The van der Waals surface area contributed by atoms with E-state index in [2.05, 4.69) is 22.4 Å². The van der Waals surface area contributed by atoms with Gasteiger partial charge in [-0.15, -0.1) is 0 Å². The Bertz CT molecular complexity index is 1080. The zero-order valence-electron chi connectivity index (χ0n) is 16.6. The number of rotatable bonds is 5. The fourth-order valence-electron chi connectivity index (χ4n) is 4.28. The minimum absolute atomic E-state index is 0.0585. The maximum absolute atomic E-state index is 13.2. The van der Waals surface area contributed by atoms with Crippen molar-refractivity contribution in [2.24, 2.45) is 0 Å². The smallest absolute Gasteiger partial charge is 0.235 e. The number of aryl methyl sites for hydroxylation is 1. The highest BCUT2D eigenvalue weighted by Gasteiger charge is 2.51. The normalized spacial score (nSPS) is 18.0. The van der Waals surface area contributed by atoms with Crippen LogP contribution >= 0.6 is 0 Å². The molecule has 1 unspecified atom stereocenters. The Balaban J connectivity index is 1.38. The first kappa shape index (κ1) is 18.3. The Morgan fingerprint density at radius 2 is 2.10 bits per heavy atom. The van der Waals surface area contributed by atoms with Gasteiger partial charge in [-0.2, -0.15) is 0 Å². The molecule has 1 aliphatic heterocycles. The van der Waals surface area contributed by atoms with E-state index in [4.69, 9.17) is 4.74 Å². The van der Waals surface area contributed by atoms with Gasteiger partial charge in [0.15, 0.2) is 0 Å². The SMILES string of the molecule is CC(CO)c1cc2cc(NC(=O)C3(c4ccc5c(c4)CCCO5)CC3)ccc2[nH]1. The second-order valence-electron chi connectivity index (χ2n) is 8.42. The molecule has 0 saturated heterocycles. The molecule has 1 fully saturated rings. The standard InChI is InChI=1S/C24H26N2O3/c1-15(14-27)21-13-17-12-19(5-6-20(17)26-21)25-23(28)24(8-9-24)18-4-7-22-16(11-18)3-2-10-29-22/h4-7,11-13,15,26-27H,2-3,8-10,14H2,1H3,(H,25,28). The Kier molecular flexibility index (Phi) is 4.36. The first-order valence-electron chi connectivity index (χ1n) is 10.4. The molecule has 0 bridgehead atoms. The lowest BCUT2D eigenvalue weighted by Gasteiger charge is -2.21.